The van der Waals surface area contributed by atoms with E-state index in [0.29, 0.717) is 0 Å². The van der Waals surface area contributed by atoms with Gasteiger partial charge in [-0.2, -0.15) is 0 Å². The first-order valence-corrected chi connectivity index (χ1v) is 13.9. The molecule has 2 fully saturated rings. The van der Waals surface area contributed by atoms with Gasteiger partial charge in [0, 0.05) is 11.5 Å². The summed E-state index contributed by atoms with van der Waals surface area (Å²) < 4.78 is 68.0. The Balaban J connectivity index is 2.04. The minimum atomic E-state index is -4.96. The van der Waals surface area contributed by atoms with Crippen molar-refractivity contribution in [3.8, 4) is 5.75 Å². The van der Waals surface area contributed by atoms with Gasteiger partial charge in [0.15, 0.2) is 0 Å². The molecule has 2 atom stereocenters. The smallest absolute Gasteiger partial charge is 0.447 e. The zero-order valence-corrected chi connectivity index (χ0v) is 22.7. The third kappa shape index (κ3) is 5.98. The Morgan fingerprint density at radius 2 is 1.69 bits per heavy atom. The molecule has 0 bridgehead atoms. The number of benzene rings is 1. The minimum absolute atomic E-state index is 0.0599. The number of rotatable bonds is 6. The monoisotopic (exact) mass is 516 g/mol. The number of carbonyl (C=O) groups excluding carboxylic acids is 1. The number of carbonyl (C=O) groups is 1. The summed E-state index contributed by atoms with van der Waals surface area (Å²) in [5.74, 6) is -0.504. The maximum Gasteiger partial charge on any atom is 0.573 e. The molecule has 3 rings (SSSR count). The van der Waals surface area contributed by atoms with Crippen LogP contribution in [-0.2, 0) is 18.5 Å². The molecule has 195 valence electrons. The van der Waals surface area contributed by atoms with Crippen LogP contribution in [0.2, 0.25) is 13.1 Å². The summed E-state index contributed by atoms with van der Waals surface area (Å²) in [6.07, 6.45) is -6.01. The van der Waals surface area contributed by atoms with E-state index in [2.05, 4.69) is 4.74 Å². The van der Waals surface area contributed by atoms with Crippen molar-refractivity contribution in [1.82, 2.24) is 0 Å². The van der Waals surface area contributed by atoms with Crippen LogP contribution in [0.4, 0.5) is 23.7 Å². The maximum absolute atomic E-state index is 13.4. The van der Waals surface area contributed by atoms with Crippen LogP contribution in [0.25, 0.3) is 0 Å². The molecule has 2 heterocycles. The first-order chi connectivity index (χ1) is 15.8. The molecule has 0 aliphatic carbocycles. The van der Waals surface area contributed by atoms with Crippen LogP contribution in [0.3, 0.4) is 0 Å². The predicted molar refractivity (Wildman–Crippen MR) is 128 cm³/mol. The highest BCUT2D eigenvalue weighted by Crippen LogP contribution is 2.39. The van der Waals surface area contributed by atoms with Gasteiger partial charge in [-0.05, 0) is 52.3 Å². The van der Waals surface area contributed by atoms with Crippen LogP contribution in [0.5, 0.6) is 5.75 Å². The number of halogens is 3. The molecule has 2 aliphatic heterocycles. The number of ether oxygens (including phenoxy) is 2. The molecular formula is C23H34BF3NO6Si. The topological polar surface area (TPSA) is 66.5 Å². The molecule has 0 saturated carbocycles. The van der Waals surface area contributed by atoms with E-state index in [4.69, 9.17) is 18.5 Å². The largest absolute Gasteiger partial charge is 0.573 e. The summed E-state index contributed by atoms with van der Waals surface area (Å²) in [4.78, 5) is 14.1. The summed E-state index contributed by atoms with van der Waals surface area (Å²) in [6, 6.07) is 3.64. The molecule has 2 unspecified atom stereocenters. The molecule has 7 nitrogen and oxygen atoms in total. The van der Waals surface area contributed by atoms with Crippen molar-refractivity contribution in [3.63, 3.8) is 0 Å². The lowest BCUT2D eigenvalue weighted by Crippen LogP contribution is -2.51. The van der Waals surface area contributed by atoms with Gasteiger partial charge in [-0.3, -0.25) is 4.90 Å². The van der Waals surface area contributed by atoms with E-state index < -0.39 is 57.7 Å². The van der Waals surface area contributed by atoms with E-state index in [1.165, 1.54) is 17.0 Å². The van der Waals surface area contributed by atoms with E-state index in [-0.39, 0.29) is 23.2 Å². The number of amides is 1. The van der Waals surface area contributed by atoms with Gasteiger partial charge in [0.25, 0.3) is 0 Å². The Morgan fingerprint density at radius 1 is 1.11 bits per heavy atom. The highest BCUT2D eigenvalue weighted by molar-refractivity contribution is 6.63. The van der Waals surface area contributed by atoms with Gasteiger partial charge in [-0.15, -0.1) is 13.2 Å². The molecule has 2 saturated heterocycles. The predicted octanol–water partition coefficient (Wildman–Crippen LogP) is 4.89. The van der Waals surface area contributed by atoms with Crippen molar-refractivity contribution >= 4 is 33.4 Å². The first-order valence-electron chi connectivity index (χ1n) is 11.5. The summed E-state index contributed by atoms with van der Waals surface area (Å²) in [6.45, 7) is 17.2. The van der Waals surface area contributed by atoms with Crippen LogP contribution in [0.1, 0.15) is 48.5 Å². The Labute approximate surface area is 207 Å². The summed E-state index contributed by atoms with van der Waals surface area (Å²) >= 11 is 0. The standard InChI is InChI=1S/C23H34BF3NO6Si/c1-20(2,3)18(32-35(8)9)16-13-30-19(29)28(16)14-10-11-15(17(12-14)31-23(25,26)27)24-33-21(4,5)22(6,7)34-24/h10-12,16,18H,13H2,1-9H3. The van der Waals surface area contributed by atoms with Gasteiger partial charge in [0.2, 0.25) is 9.04 Å². The average molecular weight is 516 g/mol. The molecule has 2 aliphatic rings. The van der Waals surface area contributed by atoms with Crippen molar-refractivity contribution in [2.75, 3.05) is 11.5 Å². The summed E-state index contributed by atoms with van der Waals surface area (Å²) in [5, 5.41) is 0. The summed E-state index contributed by atoms with van der Waals surface area (Å²) in [5.41, 5.74) is -1.59. The van der Waals surface area contributed by atoms with Crippen molar-refractivity contribution in [2.45, 2.75) is 91.3 Å². The molecule has 1 radical (unpaired) electrons. The van der Waals surface area contributed by atoms with Gasteiger partial charge in [0.05, 0.1) is 29.0 Å². The third-order valence-corrected chi connectivity index (χ3v) is 7.21. The lowest BCUT2D eigenvalue weighted by Gasteiger charge is -2.38. The number of hydrogen-bond acceptors (Lipinski definition) is 6. The molecule has 1 amide bonds. The average Bonchev–Trinajstić information content (AvgIpc) is 3.13. The second kappa shape index (κ2) is 9.28. The van der Waals surface area contributed by atoms with Crippen molar-refractivity contribution in [3.05, 3.63) is 18.2 Å². The maximum atomic E-state index is 13.4. The molecule has 12 heteroatoms. The SMILES string of the molecule is C[Si](C)OC(C1COC(=O)N1c1ccc(B2OC(C)(C)C(C)(C)O2)c(OC(F)(F)F)c1)C(C)(C)C. The number of alkyl halides is 3. The lowest BCUT2D eigenvalue weighted by atomic mass is 9.78. The highest BCUT2D eigenvalue weighted by atomic mass is 28.3. The van der Waals surface area contributed by atoms with Crippen molar-refractivity contribution < 1.29 is 41.2 Å². The third-order valence-electron chi connectivity index (χ3n) is 6.48. The van der Waals surface area contributed by atoms with E-state index in [1.54, 1.807) is 33.8 Å². The molecule has 1 aromatic carbocycles. The fourth-order valence-corrected chi connectivity index (χ4v) is 5.11. The van der Waals surface area contributed by atoms with Crippen LogP contribution in [0, 0.1) is 5.41 Å². The first kappa shape index (κ1) is 27.8. The van der Waals surface area contributed by atoms with Crippen LogP contribution in [0.15, 0.2) is 18.2 Å². The van der Waals surface area contributed by atoms with E-state index in [1.807, 2.05) is 33.9 Å². The molecule has 35 heavy (non-hydrogen) atoms. The fraction of sp³-hybridized carbons (Fsp3) is 0.696. The van der Waals surface area contributed by atoms with Gasteiger partial charge in [-0.1, -0.05) is 26.8 Å². The number of cyclic esters (lactones) is 1. The number of hydrogen-bond donors (Lipinski definition) is 0. The molecular weight excluding hydrogens is 482 g/mol. The molecule has 0 N–H and O–H groups in total. The Hall–Kier alpha value is -1.76. The van der Waals surface area contributed by atoms with Crippen LogP contribution < -0.4 is 15.1 Å². The fourth-order valence-electron chi connectivity index (χ4n) is 4.09. The van der Waals surface area contributed by atoms with E-state index in [9.17, 15) is 18.0 Å². The van der Waals surface area contributed by atoms with Crippen LogP contribution >= 0.6 is 0 Å². The number of nitrogens with zero attached hydrogens (tertiary/aromatic N) is 1. The lowest BCUT2D eigenvalue weighted by molar-refractivity contribution is -0.274. The van der Waals surface area contributed by atoms with Gasteiger partial charge >= 0.3 is 19.6 Å². The quantitative estimate of drug-likeness (QED) is 0.502. The second-order valence-corrected chi connectivity index (χ2v) is 13.2. The van der Waals surface area contributed by atoms with Gasteiger partial charge in [-0.25, -0.2) is 4.79 Å². The highest BCUT2D eigenvalue weighted by Gasteiger charge is 2.53. The summed E-state index contributed by atoms with van der Waals surface area (Å²) in [7, 11) is -2.23. The zero-order chi connectivity index (χ0) is 26.6. The number of anilines is 1. The Kier molecular flexibility index (Phi) is 7.37. The molecule has 1 aromatic rings. The zero-order valence-electron chi connectivity index (χ0n) is 21.7. The normalized spacial score (nSPS) is 23.1. The Morgan fingerprint density at radius 3 is 2.17 bits per heavy atom. The van der Waals surface area contributed by atoms with Gasteiger partial charge in [0.1, 0.15) is 12.4 Å². The van der Waals surface area contributed by atoms with Crippen molar-refractivity contribution in [1.29, 1.82) is 0 Å². The molecule has 0 aromatic heterocycles. The van der Waals surface area contributed by atoms with Crippen LogP contribution in [-0.4, -0.2) is 58.6 Å². The Bertz CT molecular complexity index is 934. The van der Waals surface area contributed by atoms with Gasteiger partial charge < -0.3 is 23.2 Å². The minimum Gasteiger partial charge on any atom is -0.447 e. The van der Waals surface area contributed by atoms with E-state index in [0.717, 1.165) is 0 Å². The molecule has 0 spiro atoms. The van der Waals surface area contributed by atoms with E-state index >= 15 is 0 Å². The van der Waals surface area contributed by atoms with Crippen molar-refractivity contribution in [2.24, 2.45) is 5.41 Å². The second-order valence-electron chi connectivity index (χ2n) is 11.2.